The summed E-state index contributed by atoms with van der Waals surface area (Å²) in [6.07, 6.45) is 5.41. The van der Waals surface area contributed by atoms with Crippen LogP contribution < -0.4 is 5.32 Å². The molecule has 0 radical (unpaired) electrons. The van der Waals surface area contributed by atoms with Crippen molar-refractivity contribution >= 4 is 5.91 Å². The van der Waals surface area contributed by atoms with Crippen molar-refractivity contribution in [2.45, 2.75) is 52.0 Å². The molecule has 1 atom stereocenters. The van der Waals surface area contributed by atoms with Crippen LogP contribution in [0, 0.1) is 11.6 Å². The molecule has 0 saturated heterocycles. The van der Waals surface area contributed by atoms with Crippen molar-refractivity contribution < 1.29 is 13.6 Å². The summed E-state index contributed by atoms with van der Waals surface area (Å²) in [6, 6.07) is 2.97. The van der Waals surface area contributed by atoms with Crippen molar-refractivity contribution in [2.75, 3.05) is 0 Å². The maximum atomic E-state index is 13.4. The maximum Gasteiger partial charge on any atom is 0.254 e. The van der Waals surface area contributed by atoms with Crippen LogP contribution in [0.1, 0.15) is 56.3 Å². The Balaban J connectivity index is 2.45. The molecule has 19 heavy (non-hydrogen) atoms. The van der Waals surface area contributed by atoms with E-state index in [0.29, 0.717) is 0 Å². The highest BCUT2D eigenvalue weighted by atomic mass is 19.1. The third kappa shape index (κ3) is 5.37. The number of halogens is 2. The van der Waals surface area contributed by atoms with E-state index in [1.54, 1.807) is 0 Å². The Kier molecular flexibility index (Phi) is 6.46. The maximum absolute atomic E-state index is 13.4. The van der Waals surface area contributed by atoms with Crippen LogP contribution in [0.15, 0.2) is 18.2 Å². The van der Waals surface area contributed by atoms with Crippen molar-refractivity contribution in [2.24, 2.45) is 0 Å². The van der Waals surface area contributed by atoms with Crippen LogP contribution in [0.3, 0.4) is 0 Å². The summed E-state index contributed by atoms with van der Waals surface area (Å²) in [4.78, 5) is 11.8. The van der Waals surface area contributed by atoms with Crippen molar-refractivity contribution in [3.05, 3.63) is 35.4 Å². The summed E-state index contributed by atoms with van der Waals surface area (Å²) in [6.45, 7) is 4.04. The largest absolute Gasteiger partial charge is 0.349 e. The lowest BCUT2D eigenvalue weighted by Gasteiger charge is -2.14. The van der Waals surface area contributed by atoms with Gasteiger partial charge in [-0.15, -0.1) is 0 Å². The lowest BCUT2D eigenvalue weighted by atomic mass is 10.1. The van der Waals surface area contributed by atoms with Crippen molar-refractivity contribution in [3.8, 4) is 0 Å². The lowest BCUT2D eigenvalue weighted by molar-refractivity contribution is 0.0933. The Morgan fingerprint density at radius 1 is 1.26 bits per heavy atom. The van der Waals surface area contributed by atoms with E-state index in [0.717, 1.165) is 31.4 Å². The van der Waals surface area contributed by atoms with Gasteiger partial charge in [-0.2, -0.15) is 0 Å². The van der Waals surface area contributed by atoms with Gasteiger partial charge in [0.1, 0.15) is 11.6 Å². The number of nitrogens with one attached hydrogen (secondary N) is 1. The van der Waals surface area contributed by atoms with Gasteiger partial charge in [-0.1, -0.05) is 32.6 Å². The number of carbonyl (C=O) groups is 1. The second kappa shape index (κ2) is 7.87. The van der Waals surface area contributed by atoms with Gasteiger partial charge in [0.25, 0.3) is 5.91 Å². The molecule has 0 aliphatic carbocycles. The second-order valence-corrected chi connectivity index (χ2v) is 4.85. The SMILES string of the molecule is CCCCCCC(C)NC(=O)c1ccc(F)cc1F. The Hall–Kier alpha value is -1.45. The number of carbonyl (C=O) groups excluding carboxylic acids is 1. The van der Waals surface area contributed by atoms with E-state index in [-0.39, 0.29) is 11.6 Å². The minimum Gasteiger partial charge on any atom is -0.349 e. The third-order valence-corrected chi connectivity index (χ3v) is 3.04. The summed E-state index contributed by atoms with van der Waals surface area (Å²) in [5, 5.41) is 2.73. The van der Waals surface area contributed by atoms with Crippen LogP contribution >= 0.6 is 0 Å². The monoisotopic (exact) mass is 269 g/mol. The molecule has 0 bridgehead atoms. The van der Waals surface area contributed by atoms with Gasteiger partial charge in [-0.05, 0) is 25.5 Å². The van der Waals surface area contributed by atoms with Crippen LogP contribution in [0.5, 0.6) is 0 Å². The molecule has 2 nitrogen and oxygen atoms in total. The second-order valence-electron chi connectivity index (χ2n) is 4.85. The molecule has 1 N–H and O–H groups in total. The quantitative estimate of drug-likeness (QED) is 0.743. The molecular formula is C15H21F2NO. The predicted octanol–water partition coefficient (Wildman–Crippen LogP) is 4.05. The molecule has 1 rings (SSSR count). The van der Waals surface area contributed by atoms with Gasteiger partial charge in [0.05, 0.1) is 5.56 Å². The Bertz CT molecular complexity index is 421. The third-order valence-electron chi connectivity index (χ3n) is 3.04. The topological polar surface area (TPSA) is 29.1 Å². The van der Waals surface area contributed by atoms with E-state index in [2.05, 4.69) is 12.2 Å². The average molecular weight is 269 g/mol. The molecule has 0 aliphatic heterocycles. The molecule has 0 aromatic heterocycles. The smallest absolute Gasteiger partial charge is 0.254 e. The highest BCUT2D eigenvalue weighted by molar-refractivity contribution is 5.94. The van der Waals surface area contributed by atoms with Crippen molar-refractivity contribution in [1.82, 2.24) is 5.32 Å². The van der Waals surface area contributed by atoms with Crippen molar-refractivity contribution in [3.63, 3.8) is 0 Å². The summed E-state index contributed by atoms with van der Waals surface area (Å²) >= 11 is 0. The summed E-state index contributed by atoms with van der Waals surface area (Å²) in [5.41, 5.74) is -0.109. The molecule has 0 heterocycles. The van der Waals surface area contributed by atoms with E-state index in [4.69, 9.17) is 0 Å². The fraction of sp³-hybridized carbons (Fsp3) is 0.533. The van der Waals surface area contributed by atoms with Gasteiger partial charge in [0, 0.05) is 12.1 Å². The minimum atomic E-state index is -0.823. The van der Waals surface area contributed by atoms with E-state index in [1.165, 1.54) is 18.9 Å². The average Bonchev–Trinajstić information content (AvgIpc) is 2.34. The predicted molar refractivity (Wildman–Crippen MR) is 72.0 cm³/mol. The first-order valence-corrected chi connectivity index (χ1v) is 6.80. The molecule has 106 valence electrons. The van der Waals surface area contributed by atoms with E-state index in [1.807, 2.05) is 6.92 Å². The zero-order valence-electron chi connectivity index (χ0n) is 11.5. The summed E-state index contributed by atoms with van der Waals surface area (Å²) < 4.78 is 26.1. The molecule has 0 fully saturated rings. The first-order chi connectivity index (χ1) is 9.04. The molecule has 1 unspecified atom stereocenters. The number of rotatable bonds is 7. The Morgan fingerprint density at radius 3 is 2.63 bits per heavy atom. The zero-order chi connectivity index (χ0) is 14.3. The molecule has 0 spiro atoms. The number of amides is 1. The molecule has 1 aromatic rings. The molecule has 0 aliphatic rings. The molecule has 1 aromatic carbocycles. The van der Waals surface area contributed by atoms with Crippen LogP contribution in [0.2, 0.25) is 0 Å². The van der Waals surface area contributed by atoms with E-state index >= 15 is 0 Å². The number of hydrogen-bond acceptors (Lipinski definition) is 1. The van der Waals surface area contributed by atoms with E-state index in [9.17, 15) is 13.6 Å². The highest BCUT2D eigenvalue weighted by Gasteiger charge is 2.14. The van der Waals surface area contributed by atoms with Crippen LogP contribution in [-0.4, -0.2) is 11.9 Å². The fourth-order valence-corrected chi connectivity index (χ4v) is 1.92. The molecule has 0 saturated carbocycles. The van der Waals surface area contributed by atoms with Gasteiger partial charge in [-0.3, -0.25) is 4.79 Å². The van der Waals surface area contributed by atoms with Gasteiger partial charge >= 0.3 is 0 Å². The zero-order valence-corrected chi connectivity index (χ0v) is 11.5. The van der Waals surface area contributed by atoms with E-state index < -0.39 is 17.5 Å². The fourth-order valence-electron chi connectivity index (χ4n) is 1.92. The molecular weight excluding hydrogens is 248 g/mol. The number of unbranched alkanes of at least 4 members (excludes halogenated alkanes) is 3. The normalized spacial score (nSPS) is 12.2. The number of benzene rings is 1. The first-order valence-electron chi connectivity index (χ1n) is 6.80. The summed E-state index contributed by atoms with van der Waals surface area (Å²) in [5.74, 6) is -1.99. The Morgan fingerprint density at radius 2 is 2.00 bits per heavy atom. The lowest BCUT2D eigenvalue weighted by Crippen LogP contribution is -2.33. The van der Waals surface area contributed by atoms with Gasteiger partial charge in [0.2, 0.25) is 0 Å². The van der Waals surface area contributed by atoms with Crippen LogP contribution in [0.4, 0.5) is 8.78 Å². The Labute approximate surface area is 113 Å². The standard InChI is InChI=1S/C15H21F2NO/c1-3-4-5-6-7-11(2)18-15(19)13-9-8-12(16)10-14(13)17/h8-11H,3-7H2,1-2H3,(H,18,19). The van der Waals surface area contributed by atoms with Gasteiger partial charge < -0.3 is 5.32 Å². The van der Waals surface area contributed by atoms with Gasteiger partial charge in [-0.25, -0.2) is 8.78 Å². The highest BCUT2D eigenvalue weighted by Crippen LogP contribution is 2.11. The van der Waals surface area contributed by atoms with Crippen LogP contribution in [0.25, 0.3) is 0 Å². The summed E-state index contributed by atoms with van der Waals surface area (Å²) in [7, 11) is 0. The number of hydrogen-bond donors (Lipinski definition) is 1. The van der Waals surface area contributed by atoms with Crippen LogP contribution in [-0.2, 0) is 0 Å². The van der Waals surface area contributed by atoms with Crippen molar-refractivity contribution in [1.29, 1.82) is 0 Å². The van der Waals surface area contributed by atoms with Gasteiger partial charge in [0.15, 0.2) is 0 Å². The molecule has 4 heteroatoms. The minimum absolute atomic E-state index is 0.00573. The first kappa shape index (κ1) is 15.6. The molecule has 1 amide bonds.